The van der Waals surface area contributed by atoms with Gasteiger partial charge in [0.25, 0.3) is 0 Å². The smallest absolute Gasteiger partial charge is 0.328 e. The van der Waals surface area contributed by atoms with Gasteiger partial charge in [-0.1, -0.05) is 0 Å². The topological polar surface area (TPSA) is 87.1 Å². The fourth-order valence-electron chi connectivity index (χ4n) is 3.91. The van der Waals surface area contributed by atoms with E-state index in [0.29, 0.717) is 22.9 Å². The Hall–Kier alpha value is -3.62. The second-order valence-corrected chi connectivity index (χ2v) is 7.04. The molecule has 3 aromatic heterocycles. The van der Waals surface area contributed by atoms with Gasteiger partial charge in [0.05, 0.1) is 17.6 Å². The van der Waals surface area contributed by atoms with Gasteiger partial charge in [-0.2, -0.15) is 0 Å². The number of nitrogens with one attached hydrogen (secondary N) is 1. The summed E-state index contributed by atoms with van der Waals surface area (Å²) in [5.41, 5.74) is 2.03. The number of anilines is 3. The maximum atomic E-state index is 13.7. The molecule has 0 spiro atoms. The van der Waals surface area contributed by atoms with E-state index in [1.165, 1.54) is 12.4 Å². The quantitative estimate of drug-likeness (QED) is 0.722. The predicted octanol–water partition coefficient (Wildman–Crippen LogP) is 3.09. The average molecular weight is 391 g/mol. The molecular weight excluding hydrogens is 373 g/mol. The van der Waals surface area contributed by atoms with Gasteiger partial charge < -0.3 is 4.90 Å². The van der Waals surface area contributed by atoms with Gasteiger partial charge in [0, 0.05) is 37.1 Å². The molecule has 3 aliphatic heterocycles. The lowest BCUT2D eigenvalue weighted by molar-refractivity contribution is 0.253. The highest BCUT2D eigenvalue weighted by molar-refractivity contribution is 6.03. The summed E-state index contributed by atoms with van der Waals surface area (Å²) in [5.74, 6) is 0.566. The predicted molar refractivity (Wildman–Crippen MR) is 106 cm³/mol. The zero-order valence-electron chi connectivity index (χ0n) is 15.5. The van der Waals surface area contributed by atoms with Crippen molar-refractivity contribution in [1.82, 2.24) is 19.9 Å². The van der Waals surface area contributed by atoms with Crippen LogP contribution in [0.15, 0.2) is 49.2 Å². The molecule has 9 heteroatoms. The van der Waals surface area contributed by atoms with Crippen LogP contribution in [0.25, 0.3) is 11.3 Å². The molecule has 8 nitrogen and oxygen atoms in total. The number of pyridine rings is 2. The molecule has 146 valence electrons. The number of nitrogens with zero attached hydrogens (tertiary/aromatic N) is 6. The van der Waals surface area contributed by atoms with Crippen LogP contribution in [0.5, 0.6) is 0 Å². The first-order chi connectivity index (χ1) is 14.2. The Morgan fingerprint density at radius 1 is 1.14 bits per heavy atom. The van der Waals surface area contributed by atoms with Crippen molar-refractivity contribution in [3.8, 4) is 11.3 Å². The van der Waals surface area contributed by atoms with Gasteiger partial charge >= 0.3 is 6.03 Å². The summed E-state index contributed by atoms with van der Waals surface area (Å²) in [6.45, 7) is 1.72. The van der Waals surface area contributed by atoms with E-state index in [1.54, 1.807) is 23.4 Å². The molecule has 2 bridgehead atoms. The zero-order valence-corrected chi connectivity index (χ0v) is 15.5. The standard InChI is InChI=1S/C20H18FN7O/c21-14-9-13(10-23-11-14)16-1-2-17-19(25-16)28(15-4-7-27(17)8-5-15)20(29)26-18-3-6-22-12-24-18/h1-3,6,9-12,15H,4-5,7-8H2,(H,22,24,26,29). The average Bonchev–Trinajstić information content (AvgIpc) is 3.00. The number of hydrogen-bond acceptors (Lipinski definition) is 6. The number of urea groups is 1. The van der Waals surface area contributed by atoms with Crippen LogP contribution in [0.3, 0.4) is 0 Å². The molecule has 6 rings (SSSR count). The van der Waals surface area contributed by atoms with Crippen LogP contribution in [-0.4, -0.2) is 45.1 Å². The number of rotatable bonds is 2. The van der Waals surface area contributed by atoms with Crippen LogP contribution < -0.4 is 15.1 Å². The van der Waals surface area contributed by atoms with E-state index in [4.69, 9.17) is 4.98 Å². The summed E-state index contributed by atoms with van der Waals surface area (Å²) >= 11 is 0. The molecule has 1 fully saturated rings. The van der Waals surface area contributed by atoms with E-state index < -0.39 is 5.82 Å². The summed E-state index contributed by atoms with van der Waals surface area (Å²) < 4.78 is 13.7. The molecule has 3 aliphatic rings. The van der Waals surface area contributed by atoms with E-state index >= 15 is 0 Å². The monoisotopic (exact) mass is 391 g/mol. The summed E-state index contributed by atoms with van der Waals surface area (Å²) in [4.78, 5) is 33.8. The second-order valence-electron chi connectivity index (χ2n) is 7.04. The van der Waals surface area contributed by atoms with Crippen LogP contribution in [0.4, 0.5) is 26.5 Å². The van der Waals surface area contributed by atoms with Crippen molar-refractivity contribution >= 4 is 23.4 Å². The third-order valence-electron chi connectivity index (χ3n) is 5.29. The molecule has 2 amide bonds. The third kappa shape index (κ3) is 3.24. The Labute approximate surface area is 166 Å². The minimum Gasteiger partial charge on any atom is -0.368 e. The lowest BCUT2D eigenvalue weighted by Gasteiger charge is -2.31. The zero-order chi connectivity index (χ0) is 19.8. The van der Waals surface area contributed by atoms with Crippen LogP contribution in [0.1, 0.15) is 12.8 Å². The van der Waals surface area contributed by atoms with Crippen molar-refractivity contribution in [2.24, 2.45) is 0 Å². The van der Waals surface area contributed by atoms with Crippen LogP contribution >= 0.6 is 0 Å². The third-order valence-corrected chi connectivity index (χ3v) is 5.29. The molecule has 0 aliphatic carbocycles. The van der Waals surface area contributed by atoms with Crippen molar-refractivity contribution in [2.75, 3.05) is 28.2 Å². The fourth-order valence-corrected chi connectivity index (χ4v) is 3.91. The number of fused-ring (bicyclic) bond motifs is 2. The molecule has 0 unspecified atom stereocenters. The summed E-state index contributed by atoms with van der Waals surface area (Å²) in [6.07, 6.45) is 7.38. The van der Waals surface area contributed by atoms with E-state index in [-0.39, 0.29) is 12.1 Å². The minimum atomic E-state index is -0.429. The first-order valence-corrected chi connectivity index (χ1v) is 9.42. The largest absolute Gasteiger partial charge is 0.368 e. The molecule has 1 saturated heterocycles. The van der Waals surface area contributed by atoms with E-state index in [9.17, 15) is 9.18 Å². The molecule has 0 saturated carbocycles. The van der Waals surface area contributed by atoms with Crippen LogP contribution in [-0.2, 0) is 0 Å². The van der Waals surface area contributed by atoms with Gasteiger partial charge in [-0.05, 0) is 37.1 Å². The Bertz CT molecular complexity index is 1050. The lowest BCUT2D eigenvalue weighted by Crippen LogP contribution is -2.46. The first-order valence-electron chi connectivity index (χ1n) is 9.42. The first kappa shape index (κ1) is 17.5. The van der Waals surface area contributed by atoms with Crippen LogP contribution in [0, 0.1) is 5.82 Å². The molecule has 6 heterocycles. The Balaban J connectivity index is 1.57. The van der Waals surface area contributed by atoms with E-state index in [0.717, 1.165) is 37.8 Å². The molecule has 0 atom stereocenters. The van der Waals surface area contributed by atoms with Crippen molar-refractivity contribution in [1.29, 1.82) is 0 Å². The maximum Gasteiger partial charge on any atom is 0.328 e. The number of halogens is 1. The maximum absolute atomic E-state index is 13.7. The highest BCUT2D eigenvalue weighted by Crippen LogP contribution is 2.39. The van der Waals surface area contributed by atoms with Gasteiger partial charge in [-0.25, -0.2) is 24.1 Å². The SMILES string of the molecule is O=C(Nc1ccncn1)N1c2nc(-c3cncc(F)c3)ccc2N2CCC1CC2. The number of amides is 2. The Morgan fingerprint density at radius 2 is 2.00 bits per heavy atom. The number of hydrogen-bond donors (Lipinski definition) is 1. The molecule has 1 N–H and O–H groups in total. The van der Waals surface area contributed by atoms with Crippen molar-refractivity contribution in [2.45, 2.75) is 18.9 Å². The van der Waals surface area contributed by atoms with Crippen molar-refractivity contribution < 1.29 is 9.18 Å². The van der Waals surface area contributed by atoms with Gasteiger partial charge in [-0.15, -0.1) is 0 Å². The lowest BCUT2D eigenvalue weighted by atomic mass is 10.1. The Kier molecular flexibility index (Phi) is 4.27. The second kappa shape index (κ2) is 7.08. The van der Waals surface area contributed by atoms with Gasteiger partial charge in [-0.3, -0.25) is 15.2 Å². The van der Waals surface area contributed by atoms with Gasteiger partial charge in [0.15, 0.2) is 5.82 Å². The normalized spacial score (nSPS) is 15.8. The molecule has 3 aromatic rings. The van der Waals surface area contributed by atoms with Crippen molar-refractivity contribution in [3.63, 3.8) is 0 Å². The number of carbonyl (C=O) groups excluding carboxylic acids is 1. The molecule has 29 heavy (non-hydrogen) atoms. The summed E-state index contributed by atoms with van der Waals surface area (Å²) in [7, 11) is 0. The van der Waals surface area contributed by atoms with Gasteiger partial charge in [0.2, 0.25) is 0 Å². The summed E-state index contributed by atoms with van der Waals surface area (Å²) in [6, 6.07) is 6.55. The highest BCUT2D eigenvalue weighted by atomic mass is 19.1. The summed E-state index contributed by atoms with van der Waals surface area (Å²) in [5, 5.41) is 2.84. The highest BCUT2D eigenvalue weighted by Gasteiger charge is 2.37. The molecule has 0 radical (unpaired) electrons. The number of carbonyl (C=O) groups is 1. The van der Waals surface area contributed by atoms with Crippen molar-refractivity contribution in [3.05, 3.63) is 55.0 Å². The van der Waals surface area contributed by atoms with Crippen LogP contribution in [0.2, 0.25) is 0 Å². The number of aromatic nitrogens is 4. The Morgan fingerprint density at radius 3 is 2.76 bits per heavy atom. The fraction of sp³-hybridized carbons (Fsp3) is 0.250. The van der Waals surface area contributed by atoms with E-state index in [2.05, 4.69) is 25.2 Å². The molecular formula is C20H18FN7O. The van der Waals surface area contributed by atoms with Gasteiger partial charge in [0.1, 0.15) is 18.0 Å². The molecule has 0 aromatic carbocycles. The minimum absolute atomic E-state index is 0.0303. The van der Waals surface area contributed by atoms with E-state index in [1.807, 2.05) is 12.1 Å². The number of piperidine rings is 1.